The molecule has 2 rings (SSSR count). The quantitative estimate of drug-likeness (QED) is 0.928. The highest BCUT2D eigenvalue weighted by Gasteiger charge is 2.36. The molecular weight excluding hydrogens is 309 g/mol. The fourth-order valence-electron chi connectivity index (χ4n) is 2.18. The minimum Gasteiger partial charge on any atom is -0.480 e. The van der Waals surface area contributed by atoms with Gasteiger partial charge in [-0.3, -0.25) is 4.79 Å². The molecule has 0 radical (unpaired) electrons. The van der Waals surface area contributed by atoms with Crippen molar-refractivity contribution < 1.29 is 27.9 Å². The Morgan fingerprint density at radius 1 is 1.43 bits per heavy atom. The third-order valence-electron chi connectivity index (χ3n) is 3.04. The van der Waals surface area contributed by atoms with Crippen molar-refractivity contribution in [3.05, 3.63) is 21.9 Å². The first-order valence-electron chi connectivity index (χ1n) is 6.14. The summed E-state index contributed by atoms with van der Waals surface area (Å²) in [4.78, 5) is 25.5. The van der Waals surface area contributed by atoms with E-state index in [9.17, 15) is 22.8 Å². The van der Waals surface area contributed by atoms with Gasteiger partial charge in [-0.1, -0.05) is 0 Å². The molecule has 21 heavy (non-hydrogen) atoms. The first-order valence-corrected chi connectivity index (χ1v) is 7.02. The van der Waals surface area contributed by atoms with Crippen LogP contribution < -0.4 is 0 Å². The van der Waals surface area contributed by atoms with Crippen LogP contribution in [0.25, 0.3) is 0 Å². The molecule has 1 N–H and O–H groups in total. The molecule has 0 bridgehead atoms. The minimum absolute atomic E-state index is 0.214. The molecule has 0 saturated heterocycles. The van der Waals surface area contributed by atoms with Gasteiger partial charge in [-0.25, -0.2) is 4.79 Å². The molecule has 1 aromatic rings. The van der Waals surface area contributed by atoms with E-state index < -0.39 is 31.3 Å². The normalized spacial score (nSPS) is 14.7. The lowest BCUT2D eigenvalue weighted by atomic mass is 10.1. The molecule has 0 spiro atoms. The van der Waals surface area contributed by atoms with Crippen LogP contribution in [-0.4, -0.2) is 52.7 Å². The summed E-state index contributed by atoms with van der Waals surface area (Å²) in [6.45, 7) is -2.03. The number of carboxylic acid groups (broad SMARTS) is 1. The van der Waals surface area contributed by atoms with E-state index in [-0.39, 0.29) is 6.54 Å². The second-order valence-corrected chi connectivity index (χ2v) is 5.69. The van der Waals surface area contributed by atoms with Gasteiger partial charge in [-0.05, 0) is 23.4 Å². The standard InChI is InChI=1S/C12H13F3N2O3S/c13-12(14,15)7-17(6-10(18)19)11(20)16-3-1-9-8(5-16)2-4-21-9/h2,4H,1,3,5-7H2,(H,18,19). The van der Waals surface area contributed by atoms with E-state index in [1.807, 2.05) is 11.4 Å². The number of hydrogen-bond acceptors (Lipinski definition) is 3. The third kappa shape index (κ3) is 4.10. The summed E-state index contributed by atoms with van der Waals surface area (Å²) >= 11 is 1.54. The number of urea groups is 1. The van der Waals surface area contributed by atoms with Gasteiger partial charge < -0.3 is 14.9 Å². The Kier molecular flexibility index (Phi) is 4.40. The van der Waals surface area contributed by atoms with Crippen LogP contribution in [0, 0.1) is 0 Å². The van der Waals surface area contributed by atoms with Gasteiger partial charge >= 0.3 is 18.2 Å². The van der Waals surface area contributed by atoms with Crippen molar-refractivity contribution in [2.24, 2.45) is 0 Å². The van der Waals surface area contributed by atoms with Gasteiger partial charge in [0.15, 0.2) is 0 Å². The number of amides is 2. The number of alkyl halides is 3. The Labute approximate surface area is 122 Å². The van der Waals surface area contributed by atoms with Gasteiger partial charge in [-0.15, -0.1) is 11.3 Å². The summed E-state index contributed by atoms with van der Waals surface area (Å²) in [7, 11) is 0. The van der Waals surface area contributed by atoms with Crippen molar-refractivity contribution in [1.29, 1.82) is 0 Å². The molecule has 2 heterocycles. The highest BCUT2D eigenvalue weighted by molar-refractivity contribution is 7.10. The molecule has 0 saturated carbocycles. The molecule has 0 fully saturated rings. The SMILES string of the molecule is O=C(O)CN(CC(F)(F)F)C(=O)N1CCc2sccc2C1. The number of rotatable bonds is 3. The zero-order chi connectivity index (χ0) is 15.6. The number of carbonyl (C=O) groups is 2. The Bertz CT molecular complexity index is 544. The van der Waals surface area contributed by atoms with Gasteiger partial charge in [0.1, 0.15) is 13.1 Å². The molecule has 9 heteroatoms. The number of carboxylic acids is 1. The van der Waals surface area contributed by atoms with Crippen molar-refractivity contribution >= 4 is 23.3 Å². The van der Waals surface area contributed by atoms with E-state index >= 15 is 0 Å². The number of nitrogens with zero attached hydrogens (tertiary/aromatic N) is 2. The van der Waals surface area contributed by atoms with E-state index in [1.54, 1.807) is 11.3 Å². The number of hydrogen-bond donors (Lipinski definition) is 1. The van der Waals surface area contributed by atoms with Crippen molar-refractivity contribution in [3.8, 4) is 0 Å². The van der Waals surface area contributed by atoms with Crippen molar-refractivity contribution in [2.45, 2.75) is 19.1 Å². The average molecular weight is 322 g/mol. The molecule has 116 valence electrons. The number of fused-ring (bicyclic) bond motifs is 1. The second kappa shape index (κ2) is 5.92. The fraction of sp³-hybridized carbons (Fsp3) is 0.500. The van der Waals surface area contributed by atoms with Crippen LogP contribution in [0.15, 0.2) is 11.4 Å². The summed E-state index contributed by atoms with van der Waals surface area (Å²) in [5.41, 5.74) is 0.905. The second-order valence-electron chi connectivity index (χ2n) is 4.69. The zero-order valence-corrected chi connectivity index (χ0v) is 11.7. The molecule has 1 aliphatic rings. The molecule has 5 nitrogen and oxygen atoms in total. The van der Waals surface area contributed by atoms with Crippen molar-refractivity contribution in [3.63, 3.8) is 0 Å². The highest BCUT2D eigenvalue weighted by Crippen LogP contribution is 2.25. The monoisotopic (exact) mass is 322 g/mol. The van der Waals surface area contributed by atoms with Crippen LogP contribution in [0.2, 0.25) is 0 Å². The van der Waals surface area contributed by atoms with Gasteiger partial charge in [0.05, 0.1) is 0 Å². The third-order valence-corrected chi connectivity index (χ3v) is 4.07. The van der Waals surface area contributed by atoms with E-state index in [0.717, 1.165) is 10.4 Å². The Morgan fingerprint density at radius 3 is 2.76 bits per heavy atom. The number of halogens is 3. The van der Waals surface area contributed by atoms with E-state index in [0.29, 0.717) is 17.9 Å². The van der Waals surface area contributed by atoms with Crippen molar-refractivity contribution in [1.82, 2.24) is 9.80 Å². The Morgan fingerprint density at radius 2 is 2.14 bits per heavy atom. The lowest BCUT2D eigenvalue weighted by Crippen LogP contribution is -2.49. The molecule has 1 aliphatic heterocycles. The van der Waals surface area contributed by atoms with Crippen LogP contribution in [0.5, 0.6) is 0 Å². The molecule has 0 aliphatic carbocycles. The van der Waals surface area contributed by atoms with Crippen LogP contribution in [-0.2, 0) is 17.8 Å². The lowest BCUT2D eigenvalue weighted by Gasteiger charge is -2.32. The first-order chi connectivity index (χ1) is 9.76. The largest absolute Gasteiger partial charge is 0.480 e. The lowest BCUT2D eigenvalue weighted by molar-refractivity contribution is -0.149. The van der Waals surface area contributed by atoms with Gasteiger partial charge in [0.25, 0.3) is 0 Å². The molecule has 0 unspecified atom stereocenters. The van der Waals surface area contributed by atoms with Crippen molar-refractivity contribution in [2.75, 3.05) is 19.6 Å². The minimum atomic E-state index is -4.63. The van der Waals surface area contributed by atoms with Gasteiger partial charge in [0.2, 0.25) is 0 Å². The summed E-state index contributed by atoms with van der Waals surface area (Å²) in [5, 5.41) is 10.5. The highest BCUT2D eigenvalue weighted by atomic mass is 32.1. The smallest absolute Gasteiger partial charge is 0.406 e. The van der Waals surface area contributed by atoms with Crippen LogP contribution >= 0.6 is 11.3 Å². The summed E-state index contributed by atoms with van der Waals surface area (Å²) in [6, 6.07) is 0.927. The Hall–Kier alpha value is -1.77. The zero-order valence-electron chi connectivity index (χ0n) is 10.9. The maximum atomic E-state index is 12.5. The van der Waals surface area contributed by atoms with E-state index in [4.69, 9.17) is 5.11 Å². The predicted octanol–water partition coefficient (Wildman–Crippen LogP) is 2.18. The average Bonchev–Trinajstić information content (AvgIpc) is 2.81. The van der Waals surface area contributed by atoms with Gasteiger partial charge in [0, 0.05) is 18.0 Å². The fourth-order valence-corrected chi connectivity index (χ4v) is 3.07. The van der Waals surface area contributed by atoms with Gasteiger partial charge in [-0.2, -0.15) is 13.2 Å². The molecule has 2 amide bonds. The maximum Gasteiger partial charge on any atom is 0.406 e. The number of aliphatic carboxylic acids is 1. The first kappa shape index (κ1) is 15.6. The van der Waals surface area contributed by atoms with Crippen LogP contribution in [0.3, 0.4) is 0 Å². The summed E-state index contributed by atoms with van der Waals surface area (Å²) < 4.78 is 37.4. The van der Waals surface area contributed by atoms with E-state index in [1.165, 1.54) is 4.90 Å². The predicted molar refractivity (Wildman–Crippen MR) is 69.1 cm³/mol. The Balaban J connectivity index is 2.09. The molecule has 0 atom stereocenters. The van der Waals surface area contributed by atoms with Crippen LogP contribution in [0.1, 0.15) is 10.4 Å². The van der Waals surface area contributed by atoms with Crippen LogP contribution in [0.4, 0.5) is 18.0 Å². The molecule has 1 aromatic heterocycles. The number of thiophene rings is 1. The summed E-state index contributed by atoms with van der Waals surface area (Å²) in [5.74, 6) is -1.47. The molecular formula is C12H13F3N2O3S. The number of carbonyl (C=O) groups excluding carboxylic acids is 1. The van der Waals surface area contributed by atoms with E-state index in [2.05, 4.69) is 0 Å². The maximum absolute atomic E-state index is 12.5. The summed E-state index contributed by atoms with van der Waals surface area (Å²) in [6.07, 6.45) is -4.06. The molecule has 0 aromatic carbocycles. The topological polar surface area (TPSA) is 60.9 Å².